The summed E-state index contributed by atoms with van der Waals surface area (Å²) in [4.78, 5) is 12.0. The molecule has 0 atom stereocenters. The topological polar surface area (TPSA) is 85.6 Å². The highest BCUT2D eigenvalue weighted by Gasteiger charge is 2.26. The zero-order chi connectivity index (χ0) is 23.8. The fourth-order valence-electron chi connectivity index (χ4n) is 3.58. The Kier molecular flexibility index (Phi) is 7.00. The molecule has 0 fully saturated rings. The highest BCUT2D eigenvalue weighted by molar-refractivity contribution is 7.86. The fourth-order valence-corrected chi connectivity index (χ4v) is 4.09. The highest BCUT2D eigenvalue weighted by atomic mass is 32.2. The van der Waals surface area contributed by atoms with Gasteiger partial charge in [0.15, 0.2) is 0 Å². The first-order chi connectivity index (χ1) is 14.0. The van der Waals surface area contributed by atoms with Gasteiger partial charge in [-0.2, -0.15) is 8.42 Å². The van der Waals surface area contributed by atoms with Gasteiger partial charge in [0.2, 0.25) is 11.2 Å². The van der Waals surface area contributed by atoms with Crippen molar-refractivity contribution in [2.24, 2.45) is 0 Å². The molecule has 1 aromatic heterocycles. The number of rotatable bonds is 6. The van der Waals surface area contributed by atoms with Gasteiger partial charge in [0, 0.05) is 18.8 Å². The van der Waals surface area contributed by atoms with Crippen LogP contribution in [-0.4, -0.2) is 24.3 Å². The van der Waals surface area contributed by atoms with Crippen LogP contribution in [0.1, 0.15) is 70.3 Å². The second kappa shape index (κ2) is 8.69. The van der Waals surface area contributed by atoms with E-state index in [1.54, 1.807) is 13.1 Å². The monoisotopic (exact) mass is 449 g/mol. The van der Waals surface area contributed by atoms with Gasteiger partial charge < -0.3 is 13.9 Å². The molecule has 2 rings (SSSR count). The van der Waals surface area contributed by atoms with E-state index < -0.39 is 15.5 Å². The second-order valence-electron chi connectivity index (χ2n) is 10.2. The zero-order valence-corrected chi connectivity index (χ0v) is 20.7. The van der Waals surface area contributed by atoms with Crippen molar-refractivity contribution in [1.82, 2.24) is 4.57 Å². The molecule has 0 bridgehead atoms. The molecular formula is C24H35NO5S. The van der Waals surface area contributed by atoms with E-state index in [-0.39, 0.29) is 16.6 Å². The third-order valence-corrected chi connectivity index (χ3v) is 5.74. The van der Waals surface area contributed by atoms with Crippen molar-refractivity contribution < 1.29 is 17.7 Å². The molecule has 0 amide bonds. The molecule has 0 aliphatic carbocycles. The molecule has 0 saturated carbocycles. The van der Waals surface area contributed by atoms with Gasteiger partial charge in [0.05, 0.1) is 11.9 Å². The maximum Gasteiger partial charge on any atom is 0.306 e. The van der Waals surface area contributed by atoms with Crippen molar-refractivity contribution >= 4 is 10.1 Å². The number of hydrogen-bond acceptors (Lipinski definition) is 5. The number of pyridine rings is 1. The summed E-state index contributed by atoms with van der Waals surface area (Å²) in [5.74, 6) is 0.210. The summed E-state index contributed by atoms with van der Waals surface area (Å²) in [6, 6.07) is 5.46. The molecule has 172 valence electrons. The smallest absolute Gasteiger partial charge is 0.306 e. The Balaban J connectivity index is 2.31. The van der Waals surface area contributed by atoms with Crippen LogP contribution < -0.4 is 9.61 Å². The molecule has 7 heteroatoms. The van der Waals surface area contributed by atoms with Crippen LogP contribution >= 0.6 is 0 Å². The molecule has 31 heavy (non-hydrogen) atoms. The van der Waals surface area contributed by atoms with Gasteiger partial charge in [-0.05, 0) is 47.3 Å². The number of aryl methyl sites for hydroxylation is 2. The van der Waals surface area contributed by atoms with E-state index in [2.05, 4.69) is 53.7 Å². The molecule has 0 aliphatic heterocycles. The lowest BCUT2D eigenvalue weighted by Gasteiger charge is -2.28. The van der Waals surface area contributed by atoms with Gasteiger partial charge in [0.1, 0.15) is 5.75 Å². The largest absolute Gasteiger partial charge is 0.507 e. The van der Waals surface area contributed by atoms with E-state index in [0.717, 1.165) is 35.8 Å². The highest BCUT2D eigenvalue weighted by Crippen LogP contribution is 2.40. The summed E-state index contributed by atoms with van der Waals surface area (Å²) in [5, 5.41) is 10.9. The van der Waals surface area contributed by atoms with Crippen molar-refractivity contribution in [3.8, 4) is 11.5 Å². The SMILES string of the molecule is Cc1c(OS(C)(=O)=O)c(=O)ccn1CCCc1cc(C(C)(C)C)c(O)c(C(C)(C)C)c1. The summed E-state index contributed by atoms with van der Waals surface area (Å²) in [6.45, 7) is 14.8. The third-order valence-electron chi connectivity index (χ3n) is 5.27. The minimum absolute atomic E-state index is 0.153. The first kappa shape index (κ1) is 25.0. The number of benzene rings is 1. The number of hydrogen-bond donors (Lipinski definition) is 1. The average molecular weight is 450 g/mol. The van der Waals surface area contributed by atoms with Crippen molar-refractivity contribution in [3.05, 3.63) is 57.0 Å². The maximum absolute atomic E-state index is 12.0. The van der Waals surface area contributed by atoms with Crippen LogP contribution in [-0.2, 0) is 33.9 Å². The molecule has 0 unspecified atom stereocenters. The van der Waals surface area contributed by atoms with Crippen LogP contribution in [0.25, 0.3) is 0 Å². The quantitative estimate of drug-likeness (QED) is 0.660. The van der Waals surface area contributed by atoms with Crippen LogP contribution in [0, 0.1) is 6.92 Å². The summed E-state index contributed by atoms with van der Waals surface area (Å²) >= 11 is 0. The van der Waals surface area contributed by atoms with Gasteiger partial charge in [-0.25, -0.2) is 0 Å². The number of aromatic hydroxyl groups is 1. The lowest BCUT2D eigenvalue weighted by Crippen LogP contribution is -2.19. The standard InChI is InChI=1S/C24H35NO5S/c1-16-22(30-31(8,28)29)20(26)11-13-25(16)12-9-10-17-14-18(23(2,3)4)21(27)19(15-17)24(5,6)7/h11,13-15,27H,9-10,12H2,1-8H3. The Morgan fingerprint density at radius 3 is 2.00 bits per heavy atom. The van der Waals surface area contributed by atoms with Gasteiger partial charge in [0.25, 0.3) is 0 Å². The maximum atomic E-state index is 12.0. The number of phenols is 1. The average Bonchev–Trinajstić information content (AvgIpc) is 2.59. The molecule has 0 aliphatic rings. The number of nitrogens with zero attached hydrogens (tertiary/aromatic N) is 1. The molecule has 0 radical (unpaired) electrons. The molecule has 0 saturated heterocycles. The fraction of sp³-hybridized carbons (Fsp3) is 0.542. The predicted octanol–water partition coefficient (Wildman–Crippen LogP) is 4.43. The van der Waals surface area contributed by atoms with Crippen LogP contribution in [0.3, 0.4) is 0 Å². The Morgan fingerprint density at radius 2 is 1.55 bits per heavy atom. The summed E-state index contributed by atoms with van der Waals surface area (Å²) < 4.78 is 29.7. The number of phenolic OH excluding ortho intramolecular Hbond substituents is 1. The number of aromatic nitrogens is 1. The molecule has 2 aromatic rings. The lowest BCUT2D eigenvalue weighted by atomic mass is 9.78. The van der Waals surface area contributed by atoms with Gasteiger partial charge in [-0.3, -0.25) is 4.79 Å². The second-order valence-corrected chi connectivity index (χ2v) is 11.8. The van der Waals surface area contributed by atoms with Gasteiger partial charge in [-0.1, -0.05) is 53.7 Å². The van der Waals surface area contributed by atoms with E-state index in [4.69, 9.17) is 4.18 Å². The minimum atomic E-state index is -3.78. The van der Waals surface area contributed by atoms with E-state index in [0.29, 0.717) is 18.0 Å². The minimum Gasteiger partial charge on any atom is -0.507 e. The molecule has 1 aromatic carbocycles. The van der Waals surface area contributed by atoms with E-state index in [9.17, 15) is 18.3 Å². The Bertz CT molecular complexity index is 1080. The molecular weight excluding hydrogens is 414 g/mol. The molecule has 1 N–H and O–H groups in total. The summed E-state index contributed by atoms with van der Waals surface area (Å²) in [7, 11) is -3.78. The summed E-state index contributed by atoms with van der Waals surface area (Å²) in [6.07, 6.45) is 4.14. The van der Waals surface area contributed by atoms with Crippen molar-refractivity contribution in [2.45, 2.75) is 78.7 Å². The van der Waals surface area contributed by atoms with Crippen molar-refractivity contribution in [1.29, 1.82) is 0 Å². The first-order valence-corrected chi connectivity index (χ1v) is 12.3. The lowest BCUT2D eigenvalue weighted by molar-refractivity contribution is 0.422. The molecule has 0 spiro atoms. The normalized spacial score (nSPS) is 12.8. The molecule has 1 heterocycles. The predicted molar refractivity (Wildman–Crippen MR) is 125 cm³/mol. The van der Waals surface area contributed by atoms with Gasteiger partial charge >= 0.3 is 10.1 Å². The van der Waals surface area contributed by atoms with E-state index in [1.165, 1.54) is 6.07 Å². The Morgan fingerprint density at radius 1 is 1.03 bits per heavy atom. The zero-order valence-electron chi connectivity index (χ0n) is 19.9. The van der Waals surface area contributed by atoms with Crippen LogP contribution in [0.5, 0.6) is 11.5 Å². The Labute approximate surface area is 186 Å². The van der Waals surface area contributed by atoms with Crippen molar-refractivity contribution in [2.75, 3.05) is 6.26 Å². The van der Waals surface area contributed by atoms with E-state index in [1.807, 2.05) is 4.57 Å². The third kappa shape index (κ3) is 6.35. The van der Waals surface area contributed by atoms with Crippen LogP contribution in [0.2, 0.25) is 0 Å². The van der Waals surface area contributed by atoms with Crippen molar-refractivity contribution in [3.63, 3.8) is 0 Å². The summed E-state index contributed by atoms with van der Waals surface area (Å²) in [5.41, 5.74) is 2.65. The molecule has 6 nitrogen and oxygen atoms in total. The van der Waals surface area contributed by atoms with E-state index >= 15 is 0 Å². The van der Waals surface area contributed by atoms with Crippen LogP contribution in [0.15, 0.2) is 29.2 Å². The Hall–Kier alpha value is -2.28. The first-order valence-electron chi connectivity index (χ1n) is 10.5. The van der Waals surface area contributed by atoms with Crippen LogP contribution in [0.4, 0.5) is 0 Å². The van der Waals surface area contributed by atoms with Gasteiger partial charge in [-0.15, -0.1) is 0 Å².